The van der Waals surface area contributed by atoms with Gasteiger partial charge in [0.2, 0.25) is 0 Å². The van der Waals surface area contributed by atoms with Crippen molar-refractivity contribution in [2.75, 3.05) is 9.80 Å². The van der Waals surface area contributed by atoms with Crippen LogP contribution in [0.2, 0.25) is 13.1 Å². The van der Waals surface area contributed by atoms with Gasteiger partial charge in [0, 0.05) is 38.9 Å². The number of anilines is 6. The first-order valence-corrected chi connectivity index (χ1v) is 26.6. The summed E-state index contributed by atoms with van der Waals surface area (Å²) in [5, 5.41) is 17.8. The van der Waals surface area contributed by atoms with E-state index in [1.165, 1.54) is 75.4 Å². The summed E-state index contributed by atoms with van der Waals surface area (Å²) < 4.78 is 6.69. The number of para-hydroxylation sites is 4. The van der Waals surface area contributed by atoms with Crippen molar-refractivity contribution in [1.82, 2.24) is 0 Å². The maximum Gasteiger partial charge on any atom is 0.159 e. The number of furan rings is 1. The quantitative estimate of drug-likeness (QED) is 0.123. The van der Waals surface area contributed by atoms with Gasteiger partial charge in [0.1, 0.15) is 13.7 Å². The van der Waals surface area contributed by atoms with Gasteiger partial charge in [-0.3, -0.25) is 0 Å². The Morgan fingerprint density at radius 2 is 0.912 bits per heavy atom. The Morgan fingerprint density at radius 3 is 1.72 bits per heavy atom. The standard InChI is InChI=1S/C64H44N2OSi/c1-68(2)61-30-16-26-53-56-40-59(66(44-20-7-4-8-21-44)45-33-35-48-42(37-45)32-31-41-17-9-10-22-47(41)48)50-24-12-11-23-49(50)55(56)39-57(63(53)61)52-36-34-46(38-62(52)68)65(43-18-5-3-6-19-43)58-28-15-27-54-51-25-13-14-29-60(51)67-64(54)58/h3-40H,1-2H3. The predicted molar refractivity (Wildman–Crippen MR) is 293 cm³/mol. The van der Waals surface area contributed by atoms with Gasteiger partial charge in [0.05, 0.1) is 11.4 Å². The summed E-state index contributed by atoms with van der Waals surface area (Å²) >= 11 is 0. The van der Waals surface area contributed by atoms with Crippen LogP contribution in [-0.4, -0.2) is 8.07 Å². The Hall–Kier alpha value is -8.44. The molecule has 320 valence electrons. The maximum absolute atomic E-state index is 6.69. The molecule has 1 aliphatic rings. The van der Waals surface area contributed by atoms with Crippen LogP contribution in [0.5, 0.6) is 0 Å². The highest BCUT2D eigenvalue weighted by atomic mass is 28.3. The fraction of sp³-hybridized carbons (Fsp3) is 0.0312. The Bertz CT molecular complexity index is 4190. The molecule has 0 amide bonds. The van der Waals surface area contributed by atoms with Crippen LogP contribution in [0, 0.1) is 0 Å². The Balaban J connectivity index is 0.989. The molecule has 0 unspecified atom stereocenters. The van der Waals surface area contributed by atoms with Crippen molar-refractivity contribution in [2.24, 2.45) is 0 Å². The molecule has 14 rings (SSSR count). The zero-order valence-electron chi connectivity index (χ0n) is 37.7. The van der Waals surface area contributed by atoms with Crippen molar-refractivity contribution >= 4 is 128 Å². The zero-order valence-corrected chi connectivity index (χ0v) is 38.7. The number of nitrogens with zero attached hydrogens (tertiary/aromatic N) is 2. The third-order valence-corrected chi connectivity index (χ3v) is 18.3. The van der Waals surface area contributed by atoms with Crippen LogP contribution >= 0.6 is 0 Å². The maximum atomic E-state index is 6.69. The Morgan fingerprint density at radius 1 is 0.324 bits per heavy atom. The molecule has 2 heterocycles. The van der Waals surface area contributed by atoms with Crippen molar-refractivity contribution in [3.63, 3.8) is 0 Å². The SMILES string of the molecule is C[Si]1(C)c2cc(N(c3ccccc3)c3cccc4c3oc3ccccc34)ccc2-c2cc3c4ccccc4c(N(c4ccccc4)c4ccc5c(ccc6ccccc65)c4)cc3c3cccc1c23. The third-order valence-electron chi connectivity index (χ3n) is 14.8. The molecular formula is C64H44N2OSi. The van der Waals surface area contributed by atoms with E-state index in [0.29, 0.717) is 0 Å². The molecule has 0 atom stereocenters. The lowest BCUT2D eigenvalue weighted by Crippen LogP contribution is -2.56. The van der Waals surface area contributed by atoms with E-state index in [9.17, 15) is 0 Å². The summed E-state index contributed by atoms with van der Waals surface area (Å²) in [6.45, 7) is 5.08. The number of rotatable bonds is 6. The van der Waals surface area contributed by atoms with Crippen molar-refractivity contribution in [2.45, 2.75) is 13.1 Å². The number of fused-ring (bicyclic) bond motifs is 12. The molecule has 4 heteroatoms. The van der Waals surface area contributed by atoms with Gasteiger partial charge in [-0.2, -0.15) is 0 Å². The summed E-state index contributed by atoms with van der Waals surface area (Å²) in [5.41, 5.74) is 11.1. The van der Waals surface area contributed by atoms with Crippen molar-refractivity contribution in [3.8, 4) is 11.1 Å². The van der Waals surface area contributed by atoms with Crippen LogP contribution in [-0.2, 0) is 0 Å². The molecule has 68 heavy (non-hydrogen) atoms. The highest BCUT2D eigenvalue weighted by Gasteiger charge is 2.37. The first-order valence-electron chi connectivity index (χ1n) is 23.6. The van der Waals surface area contributed by atoms with E-state index in [1.807, 2.05) is 6.07 Å². The summed E-state index contributed by atoms with van der Waals surface area (Å²) in [7, 11) is -2.31. The lowest BCUT2D eigenvalue weighted by atomic mass is 9.89. The van der Waals surface area contributed by atoms with E-state index < -0.39 is 8.07 Å². The molecule has 0 aliphatic carbocycles. The van der Waals surface area contributed by atoms with Crippen LogP contribution in [0.1, 0.15) is 0 Å². The normalized spacial score (nSPS) is 13.0. The molecule has 0 radical (unpaired) electrons. The van der Waals surface area contributed by atoms with Gasteiger partial charge < -0.3 is 14.2 Å². The minimum Gasteiger partial charge on any atom is -0.454 e. The Labute approximate surface area is 395 Å². The van der Waals surface area contributed by atoms with Crippen LogP contribution in [0.25, 0.3) is 86.9 Å². The summed E-state index contributed by atoms with van der Waals surface area (Å²) in [6.07, 6.45) is 0. The monoisotopic (exact) mass is 884 g/mol. The lowest BCUT2D eigenvalue weighted by Gasteiger charge is -2.36. The second kappa shape index (κ2) is 14.8. The molecule has 0 bridgehead atoms. The van der Waals surface area contributed by atoms with Gasteiger partial charge in [-0.25, -0.2) is 0 Å². The van der Waals surface area contributed by atoms with Crippen molar-refractivity contribution in [1.29, 1.82) is 0 Å². The largest absolute Gasteiger partial charge is 0.454 e. The molecule has 1 aliphatic heterocycles. The third kappa shape index (κ3) is 5.71. The van der Waals surface area contributed by atoms with Gasteiger partial charge in [0.15, 0.2) is 5.58 Å². The van der Waals surface area contributed by atoms with E-state index in [2.05, 4.69) is 247 Å². The zero-order chi connectivity index (χ0) is 45.1. The number of hydrogen-bond donors (Lipinski definition) is 0. The van der Waals surface area contributed by atoms with Gasteiger partial charge in [-0.1, -0.05) is 171 Å². The smallest absolute Gasteiger partial charge is 0.159 e. The van der Waals surface area contributed by atoms with Crippen LogP contribution in [0.3, 0.4) is 0 Å². The predicted octanol–water partition coefficient (Wildman–Crippen LogP) is 17.1. The van der Waals surface area contributed by atoms with E-state index in [-0.39, 0.29) is 0 Å². The molecule has 3 nitrogen and oxygen atoms in total. The summed E-state index contributed by atoms with van der Waals surface area (Å²) in [6, 6.07) is 85.0. The van der Waals surface area contributed by atoms with E-state index >= 15 is 0 Å². The second-order valence-corrected chi connectivity index (χ2v) is 23.2. The molecule has 1 aromatic heterocycles. The van der Waals surface area contributed by atoms with Crippen LogP contribution < -0.4 is 20.2 Å². The minimum absolute atomic E-state index is 0.889. The van der Waals surface area contributed by atoms with E-state index in [4.69, 9.17) is 4.42 Å². The summed E-state index contributed by atoms with van der Waals surface area (Å²) in [4.78, 5) is 4.85. The minimum atomic E-state index is -2.31. The lowest BCUT2D eigenvalue weighted by molar-refractivity contribution is 0.669. The van der Waals surface area contributed by atoms with E-state index in [0.717, 1.165) is 56.1 Å². The van der Waals surface area contributed by atoms with Crippen LogP contribution in [0.4, 0.5) is 34.1 Å². The van der Waals surface area contributed by atoms with Gasteiger partial charge >= 0.3 is 0 Å². The number of benzene rings is 12. The number of hydrogen-bond acceptors (Lipinski definition) is 3. The highest BCUT2D eigenvalue weighted by Crippen LogP contribution is 2.48. The van der Waals surface area contributed by atoms with Gasteiger partial charge in [-0.05, 0) is 143 Å². The van der Waals surface area contributed by atoms with E-state index in [1.54, 1.807) is 0 Å². The van der Waals surface area contributed by atoms with Crippen LogP contribution in [0.15, 0.2) is 235 Å². The van der Waals surface area contributed by atoms with Crippen molar-refractivity contribution in [3.05, 3.63) is 231 Å². The molecule has 0 fully saturated rings. The molecular weight excluding hydrogens is 841 g/mol. The molecule has 0 N–H and O–H groups in total. The average molecular weight is 885 g/mol. The van der Waals surface area contributed by atoms with Gasteiger partial charge in [0.25, 0.3) is 0 Å². The molecule has 13 aromatic rings. The molecule has 0 saturated heterocycles. The Kier molecular flexibility index (Phi) is 8.43. The topological polar surface area (TPSA) is 19.6 Å². The summed E-state index contributed by atoms with van der Waals surface area (Å²) in [5.74, 6) is 0. The fourth-order valence-corrected chi connectivity index (χ4v) is 14.7. The molecule has 12 aromatic carbocycles. The second-order valence-electron chi connectivity index (χ2n) is 18.8. The van der Waals surface area contributed by atoms with Crippen molar-refractivity contribution < 1.29 is 4.42 Å². The van der Waals surface area contributed by atoms with Gasteiger partial charge in [-0.15, -0.1) is 0 Å². The highest BCUT2D eigenvalue weighted by molar-refractivity contribution is 7.03. The first kappa shape index (κ1) is 38.8. The molecule has 0 saturated carbocycles. The average Bonchev–Trinajstić information content (AvgIpc) is 3.78. The fourth-order valence-electron chi connectivity index (χ4n) is 11.6. The first-order chi connectivity index (χ1) is 33.5. The molecule has 0 spiro atoms.